The van der Waals surface area contributed by atoms with Crippen molar-refractivity contribution in [1.82, 2.24) is 0 Å². The molecule has 0 radical (unpaired) electrons. The molecule has 1 aromatic carbocycles. The lowest BCUT2D eigenvalue weighted by molar-refractivity contribution is -0.269. The molecule has 0 aliphatic carbocycles. The molecule has 0 spiro atoms. The van der Waals surface area contributed by atoms with Crippen molar-refractivity contribution in [3.05, 3.63) is 48.6 Å². The number of hydrogen-bond acceptors (Lipinski definition) is 3. The Kier molecular flexibility index (Phi) is 7.27. The smallest absolute Gasteiger partial charge is 0.371 e. The van der Waals surface area contributed by atoms with Gasteiger partial charge in [0.2, 0.25) is 0 Å². The molecule has 6 heteroatoms. The van der Waals surface area contributed by atoms with Crippen LogP contribution in [0.4, 0.5) is 13.2 Å². The number of hydrogen-bond donors (Lipinski definition) is 0. The summed E-state index contributed by atoms with van der Waals surface area (Å²) in [5.74, 6) is 0. The topological polar surface area (TPSA) is 27.7 Å². The molecule has 24 heavy (non-hydrogen) atoms. The predicted octanol–water partition coefficient (Wildman–Crippen LogP) is 4.62. The molecule has 3 atom stereocenters. The van der Waals surface area contributed by atoms with Crippen LogP contribution >= 0.6 is 0 Å². The van der Waals surface area contributed by atoms with Gasteiger partial charge < -0.3 is 14.2 Å². The fraction of sp³-hybridized carbons (Fsp3) is 0.556. The molecule has 3 nitrogen and oxygen atoms in total. The summed E-state index contributed by atoms with van der Waals surface area (Å²) in [6.45, 7) is 2.84. The van der Waals surface area contributed by atoms with Gasteiger partial charge in [-0.15, -0.1) is 6.58 Å². The van der Waals surface area contributed by atoms with Crippen molar-refractivity contribution in [1.29, 1.82) is 0 Å². The van der Waals surface area contributed by atoms with Gasteiger partial charge in [-0.3, -0.25) is 0 Å². The molecule has 1 aliphatic heterocycles. The third-order valence-corrected chi connectivity index (χ3v) is 3.82. The van der Waals surface area contributed by atoms with Crippen LogP contribution in [0.25, 0.3) is 0 Å². The highest BCUT2D eigenvalue weighted by Crippen LogP contribution is 2.28. The van der Waals surface area contributed by atoms with Gasteiger partial charge in [0.15, 0.2) is 6.29 Å². The normalized spacial score (nSPS) is 24.7. The minimum atomic E-state index is -4.35. The van der Waals surface area contributed by atoms with Crippen molar-refractivity contribution in [2.24, 2.45) is 0 Å². The summed E-state index contributed by atoms with van der Waals surface area (Å²) in [4.78, 5) is 0. The summed E-state index contributed by atoms with van der Waals surface area (Å²) in [6.07, 6.45) is -1.51. The maximum Gasteiger partial charge on any atom is 0.411 e. The highest BCUT2D eigenvalue weighted by Gasteiger charge is 2.35. The highest BCUT2D eigenvalue weighted by atomic mass is 19.4. The van der Waals surface area contributed by atoms with E-state index in [2.05, 4.69) is 6.58 Å². The summed E-state index contributed by atoms with van der Waals surface area (Å²) in [5, 5.41) is 0. The molecule has 0 unspecified atom stereocenters. The molecule has 0 aromatic heterocycles. The van der Waals surface area contributed by atoms with Crippen molar-refractivity contribution in [2.75, 3.05) is 6.61 Å². The second-order valence-electron chi connectivity index (χ2n) is 5.81. The first kappa shape index (κ1) is 19.0. The first-order valence-electron chi connectivity index (χ1n) is 8.08. The van der Waals surface area contributed by atoms with Gasteiger partial charge in [-0.25, -0.2) is 0 Å². The third kappa shape index (κ3) is 6.63. The van der Waals surface area contributed by atoms with Crippen LogP contribution in [0.5, 0.6) is 0 Å². The Labute approximate surface area is 140 Å². The van der Waals surface area contributed by atoms with Crippen LogP contribution in [0.2, 0.25) is 0 Å². The minimum Gasteiger partial charge on any atom is -0.371 e. The van der Waals surface area contributed by atoms with Gasteiger partial charge in [-0.2, -0.15) is 13.2 Å². The second kappa shape index (κ2) is 9.20. The summed E-state index contributed by atoms with van der Waals surface area (Å²) in [5.41, 5.74) is 1.05. The van der Waals surface area contributed by atoms with Gasteiger partial charge >= 0.3 is 6.18 Å². The molecule has 1 heterocycles. The summed E-state index contributed by atoms with van der Waals surface area (Å²) >= 11 is 0. The Morgan fingerprint density at radius 1 is 1.17 bits per heavy atom. The fourth-order valence-electron chi connectivity index (χ4n) is 2.65. The van der Waals surface area contributed by atoms with Crippen LogP contribution in [0, 0.1) is 0 Å². The largest absolute Gasteiger partial charge is 0.411 e. The molecule has 1 fully saturated rings. The van der Waals surface area contributed by atoms with Gasteiger partial charge in [0.1, 0.15) is 6.61 Å². The molecule has 134 valence electrons. The maximum absolute atomic E-state index is 12.3. The first-order chi connectivity index (χ1) is 11.5. The van der Waals surface area contributed by atoms with E-state index < -0.39 is 19.1 Å². The van der Waals surface area contributed by atoms with Crippen LogP contribution in [0.15, 0.2) is 43.0 Å². The Morgan fingerprint density at radius 3 is 2.58 bits per heavy atom. The molecule has 0 amide bonds. The fourth-order valence-corrected chi connectivity index (χ4v) is 2.65. The average molecular weight is 344 g/mol. The van der Waals surface area contributed by atoms with E-state index in [1.807, 2.05) is 30.3 Å². The summed E-state index contributed by atoms with van der Waals surface area (Å²) < 4.78 is 53.3. The van der Waals surface area contributed by atoms with Crippen molar-refractivity contribution in [2.45, 2.75) is 57.0 Å². The van der Waals surface area contributed by atoms with Gasteiger partial charge in [0.05, 0.1) is 18.8 Å². The zero-order valence-electron chi connectivity index (χ0n) is 13.5. The molecule has 0 N–H and O–H groups in total. The van der Waals surface area contributed by atoms with Crippen molar-refractivity contribution < 1.29 is 27.4 Å². The standard InChI is InChI=1S/C18H23F3O3/c1-2-3-9-16-15(22-12-14-7-5-4-6-8-14)10-11-17(24-16)23-13-18(19,20)21/h2,4-8,15-17H,1,3,9-13H2/t15-,16+,17-/m0/s1. The molecule has 0 bridgehead atoms. The number of alkyl halides is 3. The van der Waals surface area contributed by atoms with Crippen molar-refractivity contribution in [3.8, 4) is 0 Å². The van der Waals surface area contributed by atoms with E-state index >= 15 is 0 Å². The predicted molar refractivity (Wildman–Crippen MR) is 84.4 cm³/mol. The van der Waals surface area contributed by atoms with Gasteiger partial charge in [-0.1, -0.05) is 36.4 Å². The van der Waals surface area contributed by atoms with Crippen LogP contribution in [0.1, 0.15) is 31.2 Å². The number of allylic oxidation sites excluding steroid dienone is 1. The SMILES string of the molecule is C=CCC[C@H]1O[C@H](OCC(F)(F)F)CC[C@@H]1OCc1ccccc1. The lowest BCUT2D eigenvalue weighted by atomic mass is 10.00. The molecular formula is C18H23F3O3. The van der Waals surface area contributed by atoms with Gasteiger partial charge in [0.25, 0.3) is 0 Å². The van der Waals surface area contributed by atoms with Crippen LogP contribution in [0.3, 0.4) is 0 Å². The number of rotatable bonds is 8. The number of ether oxygens (including phenoxy) is 3. The third-order valence-electron chi connectivity index (χ3n) is 3.82. The Balaban J connectivity index is 1.87. The van der Waals surface area contributed by atoms with Gasteiger partial charge in [-0.05, 0) is 24.8 Å². The highest BCUT2D eigenvalue weighted by molar-refractivity contribution is 5.13. The van der Waals surface area contributed by atoms with Crippen LogP contribution in [-0.4, -0.2) is 31.3 Å². The van der Waals surface area contributed by atoms with Crippen LogP contribution in [-0.2, 0) is 20.8 Å². The van der Waals surface area contributed by atoms with Crippen molar-refractivity contribution in [3.63, 3.8) is 0 Å². The molecule has 1 aromatic rings. The molecule has 0 saturated carbocycles. The van der Waals surface area contributed by atoms with Crippen LogP contribution < -0.4 is 0 Å². The average Bonchev–Trinajstić information content (AvgIpc) is 2.57. The lowest BCUT2D eigenvalue weighted by Crippen LogP contribution is -2.42. The van der Waals surface area contributed by atoms with Crippen molar-refractivity contribution >= 4 is 0 Å². The van der Waals surface area contributed by atoms with E-state index in [1.54, 1.807) is 6.08 Å². The molecule has 1 saturated heterocycles. The van der Waals surface area contributed by atoms with Gasteiger partial charge in [0, 0.05) is 6.42 Å². The number of benzene rings is 1. The molecular weight excluding hydrogens is 321 g/mol. The summed E-state index contributed by atoms with van der Waals surface area (Å²) in [7, 11) is 0. The van der Waals surface area contributed by atoms with E-state index in [4.69, 9.17) is 14.2 Å². The van der Waals surface area contributed by atoms with E-state index in [0.29, 0.717) is 32.3 Å². The summed E-state index contributed by atoms with van der Waals surface area (Å²) in [6, 6.07) is 9.75. The van der Waals surface area contributed by atoms with E-state index in [-0.39, 0.29) is 12.2 Å². The number of halogens is 3. The first-order valence-corrected chi connectivity index (χ1v) is 8.08. The zero-order chi connectivity index (χ0) is 17.4. The Morgan fingerprint density at radius 2 is 1.92 bits per heavy atom. The Bertz CT molecular complexity index is 490. The quantitative estimate of drug-likeness (QED) is 0.644. The molecule has 1 aliphatic rings. The lowest BCUT2D eigenvalue weighted by Gasteiger charge is -2.36. The molecule has 2 rings (SSSR count). The monoisotopic (exact) mass is 344 g/mol. The van der Waals surface area contributed by atoms with E-state index in [0.717, 1.165) is 5.56 Å². The zero-order valence-corrected chi connectivity index (χ0v) is 13.5. The van der Waals surface area contributed by atoms with E-state index in [1.165, 1.54) is 0 Å². The Hall–Kier alpha value is -1.37. The second-order valence-corrected chi connectivity index (χ2v) is 5.81. The van der Waals surface area contributed by atoms with E-state index in [9.17, 15) is 13.2 Å². The minimum absolute atomic E-state index is 0.157. The maximum atomic E-state index is 12.3.